The average Bonchev–Trinajstić information content (AvgIpc) is 1.73. The molecule has 12 aromatic carbocycles. The van der Waals surface area contributed by atoms with Gasteiger partial charge in [0.25, 0.3) is 0 Å². The Kier molecular flexibility index (Phi) is 25.8. The van der Waals surface area contributed by atoms with Gasteiger partial charge in [-0.05, 0) is 286 Å². The molecule has 0 spiro atoms. The van der Waals surface area contributed by atoms with E-state index < -0.39 is 17.9 Å². The molecule has 2 aliphatic heterocycles. The van der Waals surface area contributed by atoms with Crippen molar-refractivity contribution in [2.45, 2.75) is 165 Å². The Morgan fingerprint density at radius 1 is 0.375 bits per heavy atom. The van der Waals surface area contributed by atoms with Crippen molar-refractivity contribution in [1.29, 1.82) is 0 Å². The van der Waals surface area contributed by atoms with E-state index in [0.29, 0.717) is 67.5 Å². The number of carbonyl (C=O) groups excluding carboxylic acids is 1. The van der Waals surface area contributed by atoms with E-state index in [1.165, 1.54) is 110 Å². The Balaban J connectivity index is 0.000000105. The van der Waals surface area contributed by atoms with Crippen LogP contribution in [0.15, 0.2) is 228 Å². The van der Waals surface area contributed by atoms with Gasteiger partial charge in [0.1, 0.15) is 0 Å². The number of carboxylic acid groups (broad SMARTS) is 3. The molecule has 8 heterocycles. The Morgan fingerprint density at radius 2 is 0.691 bits per heavy atom. The Bertz CT molecular complexity index is 7030. The number of aliphatic carboxylic acids is 3. The average molecular weight is 1950 g/mol. The molecular weight excluding hydrogens is 1850 g/mol. The minimum Gasteiger partial charge on any atom is -0.481 e. The van der Waals surface area contributed by atoms with E-state index >= 15 is 0 Å². The lowest BCUT2D eigenvalue weighted by molar-refractivity contribution is -0.146. The van der Waals surface area contributed by atoms with E-state index in [-0.39, 0.29) is 47.6 Å². The summed E-state index contributed by atoms with van der Waals surface area (Å²) in [5.41, 5.74) is 29.2. The number of amides is 1. The first-order valence-electron chi connectivity index (χ1n) is 45.6. The molecule has 4 aliphatic carbocycles. The van der Waals surface area contributed by atoms with Crippen molar-refractivity contribution in [3.05, 3.63) is 305 Å². The van der Waals surface area contributed by atoms with Gasteiger partial charge in [-0.15, -0.1) is 20.4 Å². The third-order valence-electron chi connectivity index (χ3n) is 27.8. The molecule has 18 aromatic rings. The number of carboxylic acids is 3. The summed E-state index contributed by atoms with van der Waals surface area (Å²) in [7, 11) is 0. The highest BCUT2D eigenvalue weighted by Crippen LogP contribution is 2.54. The summed E-state index contributed by atoms with van der Waals surface area (Å²) in [6.07, 6.45) is 7.33. The summed E-state index contributed by atoms with van der Waals surface area (Å²) in [5.74, 6) is -0.834. The largest absolute Gasteiger partial charge is 0.481 e. The molecule has 1 amide bonds. The van der Waals surface area contributed by atoms with Crippen molar-refractivity contribution in [2.75, 3.05) is 22.9 Å². The number of primary amides is 1. The fourth-order valence-corrected chi connectivity index (χ4v) is 22.9. The van der Waals surface area contributed by atoms with Crippen LogP contribution in [0.5, 0.6) is 0 Å². The Hall–Kier alpha value is -12.5. The molecule has 6 aromatic heterocycles. The minimum absolute atomic E-state index is 0.00949. The zero-order valence-electron chi connectivity index (χ0n) is 76.0. The first kappa shape index (κ1) is 92.6. The monoisotopic (exact) mass is 1950 g/mol. The zero-order chi connectivity index (χ0) is 95.1. The number of nitrogens with zero attached hydrogens (tertiary/aromatic N) is 12. The number of nitrogens with two attached hydrogens (primary N) is 1. The van der Waals surface area contributed by atoms with E-state index in [1.54, 1.807) is 11.8 Å². The summed E-state index contributed by atoms with van der Waals surface area (Å²) in [6, 6.07) is 76.1. The molecule has 22 nitrogen and oxygen atoms in total. The molecular formula is C107H99Cl6N15O7S. The molecule has 24 rings (SSSR count). The lowest BCUT2D eigenvalue weighted by Crippen LogP contribution is -2.36. The van der Waals surface area contributed by atoms with Crippen LogP contribution in [0.25, 0.3) is 87.2 Å². The molecule has 4 saturated carbocycles. The highest BCUT2D eigenvalue weighted by atomic mass is 35.5. The van der Waals surface area contributed by atoms with E-state index in [4.69, 9.17) is 90.7 Å². The van der Waals surface area contributed by atoms with Crippen LogP contribution in [-0.4, -0.2) is 112 Å². The van der Waals surface area contributed by atoms with Gasteiger partial charge in [0.15, 0.2) is 11.6 Å². The van der Waals surface area contributed by atoms with Gasteiger partial charge in [-0.3, -0.25) is 19.2 Å². The van der Waals surface area contributed by atoms with Crippen LogP contribution in [0.1, 0.15) is 158 Å². The van der Waals surface area contributed by atoms with Gasteiger partial charge in [-0.1, -0.05) is 176 Å². The second kappa shape index (κ2) is 37.9. The Morgan fingerprint density at radius 3 is 1.09 bits per heavy atom. The summed E-state index contributed by atoms with van der Waals surface area (Å²) in [6.45, 7) is 18.3. The number of tetrazole rings is 2. The zero-order valence-corrected chi connectivity index (χ0v) is 81.3. The third kappa shape index (κ3) is 18.2. The summed E-state index contributed by atoms with van der Waals surface area (Å²) < 4.78 is 9.39. The van der Waals surface area contributed by atoms with Crippen molar-refractivity contribution in [1.82, 2.24) is 59.5 Å². The predicted molar refractivity (Wildman–Crippen MR) is 547 cm³/mol. The Labute approximate surface area is 818 Å². The number of nitrogens with one attached hydrogen (secondary N) is 2. The summed E-state index contributed by atoms with van der Waals surface area (Å²) in [5, 5.41) is 70.0. The molecule has 0 radical (unpaired) electrons. The summed E-state index contributed by atoms with van der Waals surface area (Å²) in [4.78, 5) is 51.0. The predicted octanol–water partition coefficient (Wildman–Crippen LogP) is 27.1. The molecule has 4 fully saturated rings. The number of anilines is 4. The highest BCUT2D eigenvalue weighted by Gasteiger charge is 2.42. The van der Waals surface area contributed by atoms with Gasteiger partial charge in [0, 0.05) is 199 Å². The standard InChI is InChI=1S/C19H20ClN5.C18H16ClN5.C18H17ClN2O.2C18H16ClNO2.C16H14ClNO2S/c1-12-4-6-16-14(10-12)19(2,3)15-11-13(20)5-7-17(15)25(16)9-8-18-21-23-24-22-18;1-10-2-4-16-14(6-10)15-9-12(19)3-5-17(15)24(16)13-7-11(8-13)18-20-22-23-21-18;1-10-2-4-16-14(6-10)15-9-12(19)3-5-17(15)21(16)13-7-11(8-13)18(20)22;2*1-10-2-4-16-14(6-10)15-9-12(19)3-5-17(15)20(16)13-7-11(8-13)18(21)22;1-10-2-4-12-14(8-10)21-15-9-11(17)3-5-13(15)18(12)7-6-16(19)20/h4-7,10-11H,8-9H2,1-3H3,(H,21,22,23,24);2-6,9,11,13H,7-8H2,1H3,(H,20,21,22,23);2-6,9,11,13H,7-8H2,1H3,(H2,20,22);2*2-6,9,11,13H,7-8H2,1H3,(H,21,22);2-5,8-9H,6-7H2,1H3,(H,19,20). The van der Waals surface area contributed by atoms with Crippen LogP contribution in [0.2, 0.25) is 30.1 Å². The molecule has 29 heteroatoms. The quantitative estimate of drug-likeness (QED) is 0.0590. The number of benzene rings is 12. The van der Waals surface area contributed by atoms with Crippen LogP contribution in [0.3, 0.4) is 0 Å². The highest BCUT2D eigenvalue weighted by molar-refractivity contribution is 7.99. The number of hydrogen-bond donors (Lipinski definition) is 6. The van der Waals surface area contributed by atoms with Crippen molar-refractivity contribution >= 4 is 215 Å². The van der Waals surface area contributed by atoms with Crippen LogP contribution in [0, 0.1) is 59.3 Å². The maximum Gasteiger partial charge on any atom is 0.306 e. The maximum atomic E-state index is 11.3. The third-order valence-corrected chi connectivity index (χ3v) is 30.3. The van der Waals surface area contributed by atoms with Gasteiger partial charge >= 0.3 is 17.9 Å². The van der Waals surface area contributed by atoms with Crippen molar-refractivity contribution in [3.63, 3.8) is 0 Å². The molecule has 0 saturated heterocycles. The van der Waals surface area contributed by atoms with Gasteiger partial charge < -0.3 is 49.1 Å². The molecule has 7 N–H and O–H groups in total. The number of aromatic amines is 2. The van der Waals surface area contributed by atoms with Crippen LogP contribution >= 0.6 is 81.4 Å². The molecule has 0 atom stereocenters. The molecule has 0 unspecified atom stereocenters. The number of carbonyl (C=O) groups is 4. The van der Waals surface area contributed by atoms with Crippen molar-refractivity contribution in [2.24, 2.45) is 23.5 Å². The topological polar surface area (TPSA) is 290 Å². The summed E-state index contributed by atoms with van der Waals surface area (Å²) >= 11 is 38.9. The smallest absolute Gasteiger partial charge is 0.306 e. The fourth-order valence-electron chi connectivity index (χ4n) is 20.6. The van der Waals surface area contributed by atoms with Crippen LogP contribution in [-0.2, 0) is 31.0 Å². The number of hydrogen-bond acceptors (Lipinski definition) is 13. The second-order valence-electron chi connectivity index (χ2n) is 37.4. The van der Waals surface area contributed by atoms with E-state index in [0.717, 1.165) is 117 Å². The number of aromatic nitrogens is 12. The molecule has 6 aliphatic rings. The van der Waals surface area contributed by atoms with E-state index in [2.05, 4.69) is 258 Å². The van der Waals surface area contributed by atoms with Gasteiger partial charge in [0.05, 0.1) is 29.6 Å². The van der Waals surface area contributed by atoms with Crippen LogP contribution < -0.4 is 15.5 Å². The number of aryl methyl sites for hydroxylation is 6. The minimum atomic E-state index is -0.794. The van der Waals surface area contributed by atoms with Crippen molar-refractivity contribution in [3.8, 4) is 0 Å². The van der Waals surface area contributed by atoms with E-state index in [1.807, 2.05) is 84.9 Å². The van der Waals surface area contributed by atoms with Crippen LogP contribution in [0.4, 0.5) is 22.7 Å². The SMILES string of the molecule is Cc1ccc2c(c1)C(C)(C)c1cc(Cl)ccc1N2CCc1nn[nH]n1.Cc1ccc2c(c1)Sc1cc(Cl)ccc1N2CCC(=O)O.Cc1ccc2c(c1)c1cc(Cl)ccc1n2C1CC(C(=O)O)C1.Cc1ccc2c(c1)c1cc(Cl)ccc1n2C1CC(C(=O)O)C1.Cc1ccc2c(c1)c1cc(Cl)ccc1n2C1CC(C(N)=O)C1.Cc1ccc2c(c1)c1cc(Cl)ccc1n2C1CC(c2nn[nH]n2)C1. The van der Waals surface area contributed by atoms with Crippen molar-refractivity contribution < 1.29 is 34.5 Å². The van der Waals surface area contributed by atoms with Gasteiger partial charge in [-0.2, -0.15) is 10.4 Å². The number of rotatable bonds is 14. The number of fused-ring (bicyclic) bond motifs is 16. The lowest BCUT2D eigenvalue weighted by atomic mass is 9.73. The molecule has 0 bridgehead atoms. The number of H-pyrrole nitrogens is 2. The first-order chi connectivity index (χ1) is 65.3. The lowest BCUT2D eigenvalue weighted by Gasteiger charge is -2.42. The van der Waals surface area contributed by atoms with Gasteiger partial charge in [0.2, 0.25) is 5.91 Å². The fraction of sp³-hybridized carbons (Fsp3) is 0.271. The van der Waals surface area contributed by atoms with E-state index in [9.17, 15) is 19.2 Å². The second-order valence-corrected chi connectivity index (χ2v) is 41.1. The molecule has 692 valence electrons. The van der Waals surface area contributed by atoms with Gasteiger partial charge in [-0.25, -0.2) is 0 Å². The molecule has 136 heavy (non-hydrogen) atoms. The normalized spacial score (nSPS) is 18.6. The number of halogens is 6. The maximum absolute atomic E-state index is 11.3. The first-order valence-corrected chi connectivity index (χ1v) is 48.7.